The molecular formula is C17H23BF2O4. The Labute approximate surface area is 141 Å². The Morgan fingerprint density at radius 2 is 1.67 bits per heavy atom. The normalized spacial score (nSPS) is 25.8. The lowest BCUT2D eigenvalue weighted by atomic mass is 9.78. The molecule has 2 fully saturated rings. The maximum absolute atomic E-state index is 14.5. The Hall–Kier alpha value is -1.18. The van der Waals surface area contributed by atoms with Gasteiger partial charge < -0.3 is 18.8 Å². The fourth-order valence-corrected chi connectivity index (χ4v) is 2.81. The summed E-state index contributed by atoms with van der Waals surface area (Å²) in [5, 5.41) is 0. The van der Waals surface area contributed by atoms with Crippen molar-refractivity contribution in [3.05, 3.63) is 23.8 Å². The molecule has 1 atom stereocenters. The van der Waals surface area contributed by atoms with Crippen molar-refractivity contribution in [3.63, 3.8) is 0 Å². The van der Waals surface area contributed by atoms with Gasteiger partial charge in [-0.3, -0.25) is 0 Å². The van der Waals surface area contributed by atoms with Crippen LogP contribution in [0.5, 0.6) is 5.75 Å². The molecule has 24 heavy (non-hydrogen) atoms. The summed E-state index contributed by atoms with van der Waals surface area (Å²) in [5.41, 5.74) is -1.54. The van der Waals surface area contributed by atoms with Gasteiger partial charge in [-0.05, 0) is 40.5 Å². The van der Waals surface area contributed by atoms with Crippen LogP contribution < -0.4 is 10.2 Å². The standard InChI is InChI=1S/C17H23BF2O4/c1-16(2)17(3,4)24-18(23-16)15-13(19)8-12(9-14(15)20)22-11-6-5-7-21-10-11/h8-9,11H,5-7,10H2,1-4H3. The summed E-state index contributed by atoms with van der Waals surface area (Å²) < 4.78 is 51.4. The molecular weight excluding hydrogens is 317 g/mol. The number of ether oxygens (including phenoxy) is 2. The molecule has 0 saturated carbocycles. The molecule has 1 aromatic carbocycles. The summed E-state index contributed by atoms with van der Waals surface area (Å²) in [5.74, 6) is -1.32. The van der Waals surface area contributed by atoms with Crippen LogP contribution in [0.25, 0.3) is 0 Å². The van der Waals surface area contributed by atoms with Gasteiger partial charge in [-0.1, -0.05) is 0 Å². The Bertz CT molecular complexity index is 576. The Morgan fingerprint density at radius 1 is 1.08 bits per heavy atom. The van der Waals surface area contributed by atoms with Gasteiger partial charge in [0.25, 0.3) is 0 Å². The number of halogens is 2. The zero-order valence-electron chi connectivity index (χ0n) is 14.5. The molecule has 0 aliphatic carbocycles. The van der Waals surface area contributed by atoms with Gasteiger partial charge in [-0.2, -0.15) is 0 Å². The van der Waals surface area contributed by atoms with Crippen LogP contribution in [0.4, 0.5) is 8.78 Å². The second kappa shape index (κ2) is 6.28. The average molecular weight is 340 g/mol. The van der Waals surface area contributed by atoms with Gasteiger partial charge in [0.15, 0.2) is 0 Å². The Balaban J connectivity index is 1.80. The molecule has 132 valence electrons. The molecule has 2 aliphatic heterocycles. The molecule has 3 rings (SSSR count). The zero-order chi connectivity index (χ0) is 17.5. The van der Waals surface area contributed by atoms with E-state index >= 15 is 0 Å². The molecule has 4 nitrogen and oxygen atoms in total. The van der Waals surface area contributed by atoms with Crippen LogP contribution >= 0.6 is 0 Å². The monoisotopic (exact) mass is 340 g/mol. The molecule has 7 heteroatoms. The first-order chi connectivity index (χ1) is 11.2. The van der Waals surface area contributed by atoms with Gasteiger partial charge in [0.1, 0.15) is 23.5 Å². The second-order valence-corrected chi connectivity index (χ2v) is 7.35. The average Bonchev–Trinajstić information content (AvgIpc) is 2.67. The fourth-order valence-electron chi connectivity index (χ4n) is 2.81. The minimum absolute atomic E-state index is 0.153. The first-order valence-corrected chi connectivity index (χ1v) is 8.28. The van der Waals surface area contributed by atoms with Gasteiger partial charge in [-0.15, -0.1) is 0 Å². The maximum Gasteiger partial charge on any atom is 0.500 e. The number of hydrogen-bond donors (Lipinski definition) is 0. The highest BCUT2D eigenvalue weighted by Gasteiger charge is 2.53. The van der Waals surface area contributed by atoms with E-state index in [1.165, 1.54) is 12.1 Å². The molecule has 0 spiro atoms. The van der Waals surface area contributed by atoms with E-state index in [2.05, 4.69) is 0 Å². The van der Waals surface area contributed by atoms with E-state index in [9.17, 15) is 8.78 Å². The SMILES string of the molecule is CC1(C)OB(c2c(F)cc(OC3CCCOC3)cc2F)OC1(C)C. The molecule has 1 unspecified atom stereocenters. The lowest BCUT2D eigenvalue weighted by Crippen LogP contribution is -2.41. The predicted molar refractivity (Wildman–Crippen MR) is 86.5 cm³/mol. The van der Waals surface area contributed by atoms with Crippen LogP contribution in [0.15, 0.2) is 12.1 Å². The zero-order valence-corrected chi connectivity index (χ0v) is 14.5. The van der Waals surface area contributed by atoms with E-state index in [1.807, 2.05) is 27.7 Å². The van der Waals surface area contributed by atoms with Crippen molar-refractivity contribution >= 4 is 12.6 Å². The third-order valence-corrected chi connectivity index (χ3v) is 4.96. The molecule has 2 heterocycles. The van der Waals surface area contributed by atoms with E-state index in [0.29, 0.717) is 13.2 Å². The lowest BCUT2D eigenvalue weighted by Gasteiger charge is -2.32. The summed E-state index contributed by atoms with van der Waals surface area (Å²) >= 11 is 0. The van der Waals surface area contributed by atoms with Crippen LogP contribution in [-0.4, -0.2) is 37.6 Å². The molecule has 2 aliphatic rings. The largest absolute Gasteiger partial charge is 0.500 e. The van der Waals surface area contributed by atoms with Crippen molar-refractivity contribution in [2.75, 3.05) is 13.2 Å². The first kappa shape index (κ1) is 17.6. The van der Waals surface area contributed by atoms with Crippen molar-refractivity contribution in [2.45, 2.75) is 57.8 Å². The van der Waals surface area contributed by atoms with Crippen LogP contribution in [0.2, 0.25) is 0 Å². The lowest BCUT2D eigenvalue weighted by molar-refractivity contribution is 0.00578. The van der Waals surface area contributed by atoms with Crippen molar-refractivity contribution in [1.82, 2.24) is 0 Å². The quantitative estimate of drug-likeness (QED) is 0.793. The highest BCUT2D eigenvalue weighted by Crippen LogP contribution is 2.37. The maximum atomic E-state index is 14.5. The van der Waals surface area contributed by atoms with Gasteiger partial charge in [0, 0.05) is 18.7 Å². The van der Waals surface area contributed by atoms with Gasteiger partial charge in [-0.25, -0.2) is 8.78 Å². The molecule has 0 N–H and O–H groups in total. The summed E-state index contributed by atoms with van der Waals surface area (Å²) in [6.45, 7) is 8.48. The van der Waals surface area contributed by atoms with E-state index in [4.69, 9.17) is 18.8 Å². The van der Waals surface area contributed by atoms with Crippen molar-refractivity contribution in [2.24, 2.45) is 0 Å². The third-order valence-electron chi connectivity index (χ3n) is 4.96. The van der Waals surface area contributed by atoms with E-state index < -0.39 is 30.0 Å². The van der Waals surface area contributed by atoms with Crippen molar-refractivity contribution < 1.29 is 27.6 Å². The van der Waals surface area contributed by atoms with Crippen LogP contribution in [0.3, 0.4) is 0 Å². The highest BCUT2D eigenvalue weighted by molar-refractivity contribution is 6.62. The van der Waals surface area contributed by atoms with Crippen molar-refractivity contribution in [3.8, 4) is 5.75 Å². The summed E-state index contributed by atoms with van der Waals surface area (Å²) in [4.78, 5) is 0. The minimum atomic E-state index is -1.08. The van der Waals surface area contributed by atoms with E-state index in [0.717, 1.165) is 12.8 Å². The molecule has 1 aromatic rings. The van der Waals surface area contributed by atoms with Crippen molar-refractivity contribution in [1.29, 1.82) is 0 Å². The van der Waals surface area contributed by atoms with Gasteiger partial charge in [0.2, 0.25) is 0 Å². The minimum Gasteiger partial charge on any atom is -0.488 e. The topological polar surface area (TPSA) is 36.9 Å². The first-order valence-electron chi connectivity index (χ1n) is 8.28. The van der Waals surface area contributed by atoms with Crippen LogP contribution in [0.1, 0.15) is 40.5 Å². The summed E-state index contributed by atoms with van der Waals surface area (Å²) in [6, 6.07) is 2.36. The van der Waals surface area contributed by atoms with Crippen LogP contribution in [0, 0.1) is 11.6 Å². The van der Waals surface area contributed by atoms with Crippen LogP contribution in [-0.2, 0) is 14.0 Å². The van der Waals surface area contributed by atoms with Gasteiger partial charge in [0.05, 0.1) is 23.3 Å². The summed E-state index contributed by atoms with van der Waals surface area (Å²) in [7, 11) is -1.08. The van der Waals surface area contributed by atoms with E-state index in [-0.39, 0.29) is 17.3 Å². The molecule has 2 saturated heterocycles. The molecule has 0 bridgehead atoms. The third kappa shape index (κ3) is 3.30. The number of hydrogen-bond acceptors (Lipinski definition) is 4. The predicted octanol–water partition coefficient (Wildman–Crippen LogP) is 2.82. The Kier molecular flexibility index (Phi) is 4.62. The smallest absolute Gasteiger partial charge is 0.488 e. The van der Waals surface area contributed by atoms with E-state index in [1.54, 1.807) is 0 Å². The highest BCUT2D eigenvalue weighted by atomic mass is 19.1. The number of rotatable bonds is 3. The molecule has 0 amide bonds. The fraction of sp³-hybridized carbons (Fsp3) is 0.647. The number of benzene rings is 1. The summed E-state index contributed by atoms with van der Waals surface area (Å²) in [6.07, 6.45) is 1.50. The molecule has 0 aromatic heterocycles. The molecule has 0 radical (unpaired) electrons. The Morgan fingerprint density at radius 3 is 2.17 bits per heavy atom. The second-order valence-electron chi connectivity index (χ2n) is 7.35. The van der Waals surface area contributed by atoms with Gasteiger partial charge >= 0.3 is 7.12 Å².